The van der Waals surface area contributed by atoms with E-state index in [1.165, 1.54) is 11.8 Å². The summed E-state index contributed by atoms with van der Waals surface area (Å²) in [5.41, 5.74) is 1.56. The van der Waals surface area contributed by atoms with Crippen LogP contribution in [-0.2, 0) is 17.9 Å². The molecule has 2 rings (SSSR count). The third-order valence-electron chi connectivity index (χ3n) is 3.56. The zero-order chi connectivity index (χ0) is 17.5. The fourth-order valence-corrected chi connectivity index (χ4v) is 3.46. The summed E-state index contributed by atoms with van der Waals surface area (Å²) in [6.45, 7) is 2.41. The molecule has 1 aromatic carbocycles. The molecule has 0 aliphatic carbocycles. The Kier molecular flexibility index (Phi) is 7.15. The Bertz CT molecular complexity index is 673. The Balaban J connectivity index is 2.20. The fourth-order valence-electron chi connectivity index (χ4n) is 2.27. The molecule has 0 aliphatic rings. The van der Waals surface area contributed by atoms with Crippen LogP contribution in [0.5, 0.6) is 0 Å². The second-order valence-corrected chi connectivity index (χ2v) is 7.12. The third-order valence-corrected chi connectivity index (χ3v) is 5.07. The molecule has 0 radical (unpaired) electrons. The molecule has 24 heavy (non-hydrogen) atoms. The molecule has 0 aliphatic heterocycles. The first kappa shape index (κ1) is 18.8. The van der Waals surface area contributed by atoms with E-state index in [1.807, 2.05) is 35.8 Å². The molecule has 0 fully saturated rings. The van der Waals surface area contributed by atoms with Gasteiger partial charge in [0.2, 0.25) is 0 Å². The van der Waals surface area contributed by atoms with E-state index in [-0.39, 0.29) is 6.61 Å². The molecule has 0 unspecified atom stereocenters. The van der Waals surface area contributed by atoms with Crippen molar-refractivity contribution in [3.63, 3.8) is 0 Å². The largest absolute Gasteiger partial charge is 0.480 e. The number of aromatic nitrogens is 2. The van der Waals surface area contributed by atoms with Gasteiger partial charge < -0.3 is 14.8 Å². The Labute approximate surface area is 150 Å². The maximum Gasteiger partial charge on any atom is 0.317 e. The quantitative estimate of drug-likeness (QED) is 0.658. The molecule has 2 aromatic rings. The summed E-state index contributed by atoms with van der Waals surface area (Å²) >= 11 is 7.14. The molecule has 0 amide bonds. The number of rotatable bonds is 9. The van der Waals surface area contributed by atoms with Crippen LogP contribution >= 0.6 is 23.4 Å². The monoisotopic (exact) mass is 368 g/mol. The molecule has 1 aromatic heterocycles. The summed E-state index contributed by atoms with van der Waals surface area (Å²) in [6.07, 6.45) is 4.16. The molecule has 5 nitrogen and oxygen atoms in total. The zero-order valence-electron chi connectivity index (χ0n) is 13.5. The molecule has 1 atom stereocenters. The lowest BCUT2D eigenvalue weighted by Gasteiger charge is -2.13. The third kappa shape index (κ3) is 5.26. The van der Waals surface area contributed by atoms with E-state index in [2.05, 4.69) is 4.98 Å². The molecule has 0 spiro atoms. The van der Waals surface area contributed by atoms with Gasteiger partial charge in [0.1, 0.15) is 5.25 Å². The maximum atomic E-state index is 11.5. The lowest BCUT2D eigenvalue weighted by Crippen LogP contribution is -2.17. The molecule has 7 heteroatoms. The van der Waals surface area contributed by atoms with Gasteiger partial charge in [0, 0.05) is 17.8 Å². The highest BCUT2D eigenvalue weighted by Gasteiger charge is 2.21. The number of aliphatic hydroxyl groups excluding tert-OH is 1. The van der Waals surface area contributed by atoms with Gasteiger partial charge in [0.05, 0.1) is 12.3 Å². The number of halogens is 1. The van der Waals surface area contributed by atoms with Crippen molar-refractivity contribution >= 4 is 29.3 Å². The van der Waals surface area contributed by atoms with Crippen molar-refractivity contribution in [3.05, 3.63) is 46.7 Å². The van der Waals surface area contributed by atoms with E-state index in [0.717, 1.165) is 18.4 Å². The minimum Gasteiger partial charge on any atom is -0.480 e. The first-order chi connectivity index (χ1) is 11.5. The van der Waals surface area contributed by atoms with Gasteiger partial charge in [-0.15, -0.1) is 0 Å². The normalized spacial score (nSPS) is 12.3. The topological polar surface area (TPSA) is 75.4 Å². The van der Waals surface area contributed by atoms with Crippen LogP contribution in [0.3, 0.4) is 0 Å². The zero-order valence-corrected chi connectivity index (χ0v) is 15.1. The number of aliphatic carboxylic acids is 1. The predicted molar refractivity (Wildman–Crippen MR) is 95.5 cm³/mol. The lowest BCUT2D eigenvalue weighted by atomic mass is 10.2. The number of imidazole rings is 1. The lowest BCUT2D eigenvalue weighted by molar-refractivity contribution is -0.136. The molecule has 0 saturated heterocycles. The van der Waals surface area contributed by atoms with Gasteiger partial charge in [-0.2, -0.15) is 0 Å². The number of hydrogen-bond acceptors (Lipinski definition) is 4. The number of aliphatic hydroxyl groups is 1. The standard InChI is InChI=1S/C17H21ClN2O3S/c1-2-3-4-15(16(22)23)24-17-19-14(11-21)10-20(17)9-12-5-7-13(18)8-6-12/h5-8,10,15,21H,2-4,9,11H2,1H3,(H,22,23)/t15-/m1/s1. The molecule has 1 heterocycles. The summed E-state index contributed by atoms with van der Waals surface area (Å²) in [5.74, 6) is -0.833. The van der Waals surface area contributed by atoms with Crippen molar-refractivity contribution in [2.24, 2.45) is 0 Å². The van der Waals surface area contributed by atoms with Crippen LogP contribution in [0, 0.1) is 0 Å². The van der Waals surface area contributed by atoms with Crippen LogP contribution in [0.2, 0.25) is 5.02 Å². The molecule has 130 valence electrons. The number of unbranched alkanes of at least 4 members (excludes halogenated alkanes) is 1. The summed E-state index contributed by atoms with van der Waals surface area (Å²) in [7, 11) is 0. The summed E-state index contributed by atoms with van der Waals surface area (Å²) in [4.78, 5) is 15.8. The Hall–Kier alpha value is -1.50. The van der Waals surface area contributed by atoms with E-state index < -0.39 is 11.2 Å². The van der Waals surface area contributed by atoms with E-state index in [4.69, 9.17) is 11.6 Å². The van der Waals surface area contributed by atoms with Crippen LogP contribution in [-0.4, -0.2) is 31.0 Å². The Morgan fingerprint density at radius 1 is 1.38 bits per heavy atom. The minimum atomic E-state index is -0.833. The van der Waals surface area contributed by atoms with E-state index in [1.54, 1.807) is 6.20 Å². The van der Waals surface area contributed by atoms with Crippen molar-refractivity contribution in [2.45, 2.75) is 49.7 Å². The van der Waals surface area contributed by atoms with Crippen LogP contribution in [0.25, 0.3) is 0 Å². The second kappa shape index (κ2) is 9.11. The molecule has 0 bridgehead atoms. The first-order valence-electron chi connectivity index (χ1n) is 7.84. The van der Waals surface area contributed by atoms with Gasteiger partial charge in [0.25, 0.3) is 0 Å². The highest BCUT2D eigenvalue weighted by molar-refractivity contribution is 8.00. The highest BCUT2D eigenvalue weighted by Crippen LogP contribution is 2.27. The maximum absolute atomic E-state index is 11.5. The van der Waals surface area contributed by atoms with Gasteiger partial charge >= 0.3 is 5.97 Å². The number of carboxylic acid groups (broad SMARTS) is 1. The number of carboxylic acids is 1. The van der Waals surface area contributed by atoms with Crippen molar-refractivity contribution in [3.8, 4) is 0 Å². The number of hydrogen-bond donors (Lipinski definition) is 2. The molecular formula is C17H21ClN2O3S. The fraction of sp³-hybridized carbons (Fsp3) is 0.412. The molecular weight excluding hydrogens is 348 g/mol. The Morgan fingerprint density at radius 2 is 2.08 bits per heavy atom. The second-order valence-electron chi connectivity index (χ2n) is 5.51. The van der Waals surface area contributed by atoms with Gasteiger partial charge in [0.15, 0.2) is 5.16 Å². The summed E-state index contributed by atoms with van der Waals surface area (Å²) in [6, 6.07) is 7.46. The van der Waals surface area contributed by atoms with Crippen LogP contribution < -0.4 is 0 Å². The average Bonchev–Trinajstić information content (AvgIpc) is 2.95. The smallest absolute Gasteiger partial charge is 0.317 e. The van der Waals surface area contributed by atoms with E-state index >= 15 is 0 Å². The van der Waals surface area contributed by atoms with Crippen LogP contribution in [0.15, 0.2) is 35.6 Å². The SMILES string of the molecule is CCCC[C@@H](Sc1nc(CO)cn1Cc1ccc(Cl)cc1)C(=O)O. The van der Waals surface area contributed by atoms with Crippen molar-refractivity contribution in [1.82, 2.24) is 9.55 Å². The number of benzene rings is 1. The average molecular weight is 369 g/mol. The molecule has 2 N–H and O–H groups in total. The van der Waals surface area contributed by atoms with Crippen LogP contribution in [0.4, 0.5) is 0 Å². The number of nitrogens with zero attached hydrogens (tertiary/aromatic N) is 2. The summed E-state index contributed by atoms with van der Waals surface area (Å²) in [5, 5.41) is 19.5. The number of thioether (sulfide) groups is 1. The molecule has 0 saturated carbocycles. The van der Waals surface area contributed by atoms with Gasteiger partial charge in [-0.3, -0.25) is 4.79 Å². The Morgan fingerprint density at radius 3 is 2.67 bits per heavy atom. The highest BCUT2D eigenvalue weighted by atomic mass is 35.5. The van der Waals surface area contributed by atoms with Crippen molar-refractivity contribution in [1.29, 1.82) is 0 Å². The van der Waals surface area contributed by atoms with Crippen molar-refractivity contribution < 1.29 is 15.0 Å². The van der Waals surface area contributed by atoms with Crippen LogP contribution in [0.1, 0.15) is 37.4 Å². The first-order valence-corrected chi connectivity index (χ1v) is 9.10. The number of carbonyl (C=O) groups is 1. The summed E-state index contributed by atoms with van der Waals surface area (Å²) < 4.78 is 1.88. The predicted octanol–water partition coefficient (Wildman–Crippen LogP) is 3.81. The van der Waals surface area contributed by atoms with Gasteiger partial charge in [-0.05, 0) is 24.1 Å². The minimum absolute atomic E-state index is 0.173. The van der Waals surface area contributed by atoms with E-state index in [9.17, 15) is 15.0 Å². The van der Waals surface area contributed by atoms with Gasteiger partial charge in [-0.1, -0.05) is 55.3 Å². The van der Waals surface area contributed by atoms with E-state index in [0.29, 0.717) is 28.8 Å². The van der Waals surface area contributed by atoms with Crippen molar-refractivity contribution in [2.75, 3.05) is 0 Å². The van der Waals surface area contributed by atoms with Gasteiger partial charge in [-0.25, -0.2) is 4.98 Å².